The van der Waals surface area contributed by atoms with Crippen molar-refractivity contribution < 1.29 is 19.5 Å². The molecule has 2 atom stereocenters. The van der Waals surface area contributed by atoms with E-state index < -0.39 is 18.0 Å². The van der Waals surface area contributed by atoms with Gasteiger partial charge in [-0.3, -0.25) is 4.79 Å². The van der Waals surface area contributed by atoms with Gasteiger partial charge in [0.25, 0.3) is 0 Å². The summed E-state index contributed by atoms with van der Waals surface area (Å²) in [5, 5.41) is 20.4. The van der Waals surface area contributed by atoms with Crippen LogP contribution < -0.4 is 16.0 Å². The molecule has 1 heterocycles. The molecule has 0 aliphatic carbocycles. The monoisotopic (exact) mass is 458 g/mol. The molecule has 8 nitrogen and oxygen atoms in total. The SMILES string of the molecule is C[C@@H](NC(=O)CNC(=O)N[C@H](Cc1c[nH]c2ccccc12)C(=O)O)c1ccc2ccccc2c1. The van der Waals surface area contributed by atoms with Crippen molar-refractivity contribution in [3.05, 3.63) is 84.1 Å². The standard InChI is InChI=1S/C26H26N4O4/c1-16(18-11-10-17-6-2-3-7-19(17)12-18)29-24(31)15-28-26(34)30-23(25(32)33)13-20-14-27-22-9-5-4-8-21(20)22/h2-12,14,16,23,27H,13,15H2,1H3,(H,29,31)(H,32,33)(H2,28,30,34)/t16-,23-/m1/s1. The number of hydrogen-bond acceptors (Lipinski definition) is 3. The van der Waals surface area contributed by atoms with Crippen LogP contribution in [0.25, 0.3) is 21.7 Å². The van der Waals surface area contributed by atoms with Gasteiger partial charge in [0.15, 0.2) is 0 Å². The highest BCUT2D eigenvalue weighted by molar-refractivity contribution is 5.88. The zero-order chi connectivity index (χ0) is 24.1. The Morgan fingerprint density at radius 3 is 2.47 bits per heavy atom. The number of benzene rings is 3. The number of carboxylic acid groups (broad SMARTS) is 1. The van der Waals surface area contributed by atoms with Crippen LogP contribution >= 0.6 is 0 Å². The minimum absolute atomic E-state index is 0.109. The summed E-state index contributed by atoms with van der Waals surface area (Å²) in [4.78, 5) is 39.4. The lowest BCUT2D eigenvalue weighted by Crippen LogP contribution is -2.49. The molecular weight excluding hydrogens is 432 g/mol. The van der Waals surface area contributed by atoms with Crippen LogP contribution in [0, 0.1) is 0 Å². The average Bonchev–Trinajstić information content (AvgIpc) is 3.24. The topological polar surface area (TPSA) is 123 Å². The van der Waals surface area contributed by atoms with Crippen LogP contribution in [0.1, 0.15) is 24.1 Å². The highest BCUT2D eigenvalue weighted by atomic mass is 16.4. The van der Waals surface area contributed by atoms with Crippen LogP contribution in [-0.4, -0.2) is 40.6 Å². The number of urea groups is 1. The quantitative estimate of drug-likeness (QED) is 0.277. The predicted molar refractivity (Wildman–Crippen MR) is 130 cm³/mol. The molecule has 0 fully saturated rings. The molecule has 0 unspecified atom stereocenters. The summed E-state index contributed by atoms with van der Waals surface area (Å²) in [7, 11) is 0. The second-order valence-electron chi connectivity index (χ2n) is 8.18. The lowest BCUT2D eigenvalue weighted by atomic mass is 10.0. The molecular formula is C26H26N4O4. The lowest BCUT2D eigenvalue weighted by molar-refractivity contribution is -0.139. The van der Waals surface area contributed by atoms with Gasteiger partial charge in [0.2, 0.25) is 5.91 Å². The minimum atomic E-state index is -1.16. The third-order valence-corrected chi connectivity index (χ3v) is 5.76. The van der Waals surface area contributed by atoms with E-state index in [1.807, 2.05) is 73.7 Å². The Kier molecular flexibility index (Phi) is 6.77. The third-order valence-electron chi connectivity index (χ3n) is 5.76. The number of rotatable bonds is 8. The molecule has 4 aromatic rings. The normalized spacial score (nSPS) is 12.7. The van der Waals surface area contributed by atoms with Crippen LogP contribution in [0.15, 0.2) is 72.9 Å². The number of hydrogen-bond donors (Lipinski definition) is 5. The molecule has 0 saturated heterocycles. The zero-order valence-electron chi connectivity index (χ0n) is 18.7. The molecule has 5 N–H and O–H groups in total. The molecule has 8 heteroatoms. The number of fused-ring (bicyclic) bond motifs is 2. The minimum Gasteiger partial charge on any atom is -0.480 e. The number of aromatic amines is 1. The van der Waals surface area contributed by atoms with E-state index in [-0.39, 0.29) is 24.9 Å². The molecule has 34 heavy (non-hydrogen) atoms. The van der Waals surface area contributed by atoms with E-state index in [2.05, 4.69) is 20.9 Å². The first-order valence-corrected chi connectivity index (χ1v) is 11.0. The Hall–Kier alpha value is -4.33. The molecule has 3 aromatic carbocycles. The number of aromatic nitrogens is 1. The Bertz CT molecular complexity index is 1350. The van der Waals surface area contributed by atoms with E-state index in [9.17, 15) is 19.5 Å². The van der Waals surface area contributed by atoms with Crippen molar-refractivity contribution in [2.24, 2.45) is 0 Å². The average molecular weight is 459 g/mol. The number of carbonyl (C=O) groups is 3. The largest absolute Gasteiger partial charge is 0.480 e. The molecule has 0 aliphatic heterocycles. The van der Waals surface area contributed by atoms with Gasteiger partial charge in [-0.15, -0.1) is 0 Å². The molecule has 0 bridgehead atoms. The lowest BCUT2D eigenvalue weighted by Gasteiger charge is -2.17. The molecule has 3 amide bonds. The van der Waals surface area contributed by atoms with Gasteiger partial charge in [0.05, 0.1) is 12.6 Å². The fourth-order valence-electron chi connectivity index (χ4n) is 3.94. The van der Waals surface area contributed by atoms with Crippen molar-refractivity contribution >= 4 is 39.6 Å². The van der Waals surface area contributed by atoms with Gasteiger partial charge in [0, 0.05) is 23.5 Å². The number of amides is 3. The van der Waals surface area contributed by atoms with Crippen LogP contribution in [-0.2, 0) is 16.0 Å². The van der Waals surface area contributed by atoms with E-state index in [0.29, 0.717) is 0 Å². The van der Waals surface area contributed by atoms with Gasteiger partial charge in [-0.2, -0.15) is 0 Å². The van der Waals surface area contributed by atoms with Gasteiger partial charge in [-0.25, -0.2) is 9.59 Å². The van der Waals surface area contributed by atoms with Crippen molar-refractivity contribution in [3.63, 3.8) is 0 Å². The predicted octanol–water partition coefficient (Wildman–Crippen LogP) is 3.49. The second kappa shape index (κ2) is 10.1. The van der Waals surface area contributed by atoms with E-state index in [1.165, 1.54) is 0 Å². The Morgan fingerprint density at radius 1 is 0.941 bits per heavy atom. The molecule has 174 valence electrons. The summed E-state index contributed by atoms with van der Waals surface area (Å²) in [6.07, 6.45) is 1.85. The smallest absolute Gasteiger partial charge is 0.326 e. The summed E-state index contributed by atoms with van der Waals surface area (Å²) in [6.45, 7) is 1.59. The zero-order valence-corrected chi connectivity index (χ0v) is 18.7. The Morgan fingerprint density at radius 2 is 1.68 bits per heavy atom. The van der Waals surface area contributed by atoms with Crippen LogP contribution in [0.4, 0.5) is 4.79 Å². The van der Waals surface area contributed by atoms with Crippen molar-refractivity contribution in [3.8, 4) is 0 Å². The third kappa shape index (κ3) is 5.35. The summed E-state index contributed by atoms with van der Waals surface area (Å²) in [6, 6.07) is 19.4. The summed E-state index contributed by atoms with van der Waals surface area (Å²) >= 11 is 0. The van der Waals surface area contributed by atoms with Crippen molar-refractivity contribution in [1.82, 2.24) is 20.9 Å². The highest BCUT2D eigenvalue weighted by Gasteiger charge is 2.22. The fourth-order valence-corrected chi connectivity index (χ4v) is 3.94. The van der Waals surface area contributed by atoms with Gasteiger partial charge < -0.3 is 26.0 Å². The second-order valence-corrected chi connectivity index (χ2v) is 8.18. The fraction of sp³-hybridized carbons (Fsp3) is 0.192. The maximum Gasteiger partial charge on any atom is 0.326 e. The van der Waals surface area contributed by atoms with E-state index >= 15 is 0 Å². The van der Waals surface area contributed by atoms with Crippen molar-refractivity contribution in [1.29, 1.82) is 0 Å². The van der Waals surface area contributed by atoms with Gasteiger partial charge in [0.1, 0.15) is 6.04 Å². The van der Waals surface area contributed by atoms with Crippen molar-refractivity contribution in [2.45, 2.75) is 25.4 Å². The molecule has 1 aromatic heterocycles. The number of para-hydroxylation sites is 1. The maximum atomic E-state index is 12.3. The molecule has 0 saturated carbocycles. The number of H-pyrrole nitrogens is 1. The number of carboxylic acids is 1. The van der Waals surface area contributed by atoms with E-state index in [4.69, 9.17) is 0 Å². The summed E-state index contributed by atoms with van der Waals surface area (Å²) < 4.78 is 0. The Labute approximate surface area is 196 Å². The van der Waals surface area contributed by atoms with Crippen LogP contribution in [0.5, 0.6) is 0 Å². The van der Waals surface area contributed by atoms with Crippen molar-refractivity contribution in [2.75, 3.05) is 6.54 Å². The first kappa shape index (κ1) is 22.8. The molecule has 0 aliphatic rings. The molecule has 4 rings (SSSR count). The summed E-state index contributed by atoms with van der Waals surface area (Å²) in [5.74, 6) is -1.53. The summed E-state index contributed by atoms with van der Waals surface area (Å²) in [5.41, 5.74) is 2.62. The number of nitrogens with one attached hydrogen (secondary N) is 4. The first-order chi connectivity index (χ1) is 16.4. The van der Waals surface area contributed by atoms with Gasteiger partial charge in [-0.1, -0.05) is 54.6 Å². The van der Waals surface area contributed by atoms with Gasteiger partial charge >= 0.3 is 12.0 Å². The maximum absolute atomic E-state index is 12.3. The Balaban J connectivity index is 1.30. The van der Waals surface area contributed by atoms with E-state index in [1.54, 1.807) is 6.20 Å². The molecule has 0 spiro atoms. The van der Waals surface area contributed by atoms with E-state index in [0.717, 1.165) is 32.8 Å². The number of aliphatic carboxylic acids is 1. The van der Waals surface area contributed by atoms with Gasteiger partial charge in [-0.05, 0) is 41.0 Å². The molecule has 0 radical (unpaired) electrons. The van der Waals surface area contributed by atoms with Crippen LogP contribution in [0.3, 0.4) is 0 Å². The first-order valence-electron chi connectivity index (χ1n) is 11.0. The number of carbonyl (C=O) groups excluding carboxylic acids is 2. The van der Waals surface area contributed by atoms with Crippen LogP contribution in [0.2, 0.25) is 0 Å². The highest BCUT2D eigenvalue weighted by Crippen LogP contribution is 2.20.